The van der Waals surface area contributed by atoms with Gasteiger partial charge in [-0.05, 0) is 30.2 Å². The van der Waals surface area contributed by atoms with Gasteiger partial charge in [0.25, 0.3) is 0 Å². The van der Waals surface area contributed by atoms with Crippen LogP contribution in [0.4, 0.5) is 0 Å². The Morgan fingerprint density at radius 2 is 2.05 bits per heavy atom. The normalized spacial score (nSPS) is 11.4. The summed E-state index contributed by atoms with van der Waals surface area (Å²) in [6.45, 7) is 0.246. The topological polar surface area (TPSA) is 68.3 Å². The molecular formula is C14H14Cl2N2O3S. The van der Waals surface area contributed by atoms with Crippen LogP contribution in [0.1, 0.15) is 5.56 Å². The molecule has 2 aromatic rings. The van der Waals surface area contributed by atoms with E-state index in [0.717, 1.165) is 11.3 Å². The van der Waals surface area contributed by atoms with Crippen LogP contribution in [-0.2, 0) is 16.4 Å². The Balaban J connectivity index is 2.01. The Labute approximate surface area is 139 Å². The molecule has 0 saturated carbocycles. The van der Waals surface area contributed by atoms with Gasteiger partial charge in [-0.2, -0.15) is 0 Å². The van der Waals surface area contributed by atoms with Gasteiger partial charge in [0.1, 0.15) is 15.8 Å². The lowest BCUT2D eigenvalue weighted by molar-refractivity contribution is 0.414. The molecule has 2 rings (SSSR count). The highest BCUT2D eigenvalue weighted by Gasteiger charge is 2.15. The zero-order valence-electron chi connectivity index (χ0n) is 11.7. The number of halogens is 2. The Kier molecular flexibility index (Phi) is 5.63. The van der Waals surface area contributed by atoms with E-state index in [2.05, 4.69) is 9.71 Å². The van der Waals surface area contributed by atoms with Crippen LogP contribution in [0.3, 0.4) is 0 Å². The molecule has 0 radical (unpaired) electrons. The number of hydrogen-bond donors (Lipinski definition) is 1. The summed E-state index contributed by atoms with van der Waals surface area (Å²) in [5.41, 5.74) is 0.967. The van der Waals surface area contributed by atoms with Crippen molar-refractivity contribution in [3.8, 4) is 5.75 Å². The fraction of sp³-hybridized carbons (Fsp3) is 0.214. The Hall–Kier alpha value is -1.34. The van der Waals surface area contributed by atoms with E-state index in [1.54, 1.807) is 7.11 Å². The van der Waals surface area contributed by atoms with Crippen molar-refractivity contribution in [2.24, 2.45) is 0 Å². The zero-order valence-corrected chi connectivity index (χ0v) is 14.0. The van der Waals surface area contributed by atoms with Crippen molar-refractivity contribution in [2.75, 3.05) is 13.7 Å². The molecule has 1 aromatic heterocycles. The lowest BCUT2D eigenvalue weighted by Crippen LogP contribution is -2.26. The molecule has 0 aliphatic rings. The van der Waals surface area contributed by atoms with Gasteiger partial charge in [-0.1, -0.05) is 35.3 Å². The summed E-state index contributed by atoms with van der Waals surface area (Å²) in [5.74, 6) is 0.731. The van der Waals surface area contributed by atoms with Gasteiger partial charge >= 0.3 is 0 Å². The minimum atomic E-state index is -3.67. The van der Waals surface area contributed by atoms with Crippen molar-refractivity contribution >= 4 is 33.2 Å². The van der Waals surface area contributed by atoms with Crippen LogP contribution in [0.5, 0.6) is 5.75 Å². The number of nitrogens with one attached hydrogen (secondary N) is 1. The number of methoxy groups -OCH3 is 1. The molecule has 5 nitrogen and oxygen atoms in total. The molecular weight excluding hydrogens is 347 g/mol. The number of hydrogen-bond acceptors (Lipinski definition) is 4. The zero-order chi connectivity index (χ0) is 16.2. The molecule has 22 heavy (non-hydrogen) atoms. The maximum atomic E-state index is 12.1. The first kappa shape index (κ1) is 17.0. The van der Waals surface area contributed by atoms with Gasteiger partial charge in [-0.3, -0.25) is 0 Å². The largest absolute Gasteiger partial charge is 0.497 e. The molecule has 8 heteroatoms. The summed E-state index contributed by atoms with van der Waals surface area (Å²) < 4.78 is 31.9. The highest BCUT2D eigenvalue weighted by molar-refractivity contribution is 7.89. The van der Waals surface area contributed by atoms with Gasteiger partial charge in [0.2, 0.25) is 10.0 Å². The second-order valence-electron chi connectivity index (χ2n) is 4.44. The summed E-state index contributed by atoms with van der Waals surface area (Å²) in [5, 5.41) is 0.161. The maximum Gasteiger partial charge on any atom is 0.242 e. The molecule has 0 spiro atoms. The van der Waals surface area contributed by atoms with Crippen molar-refractivity contribution in [2.45, 2.75) is 11.3 Å². The number of pyridine rings is 1. The molecule has 0 unspecified atom stereocenters. The molecule has 0 bridgehead atoms. The number of sulfonamides is 1. The van der Waals surface area contributed by atoms with Crippen molar-refractivity contribution in [1.82, 2.24) is 9.71 Å². The molecule has 0 saturated heterocycles. The van der Waals surface area contributed by atoms with E-state index < -0.39 is 10.0 Å². The standard InChI is InChI=1S/C14H14Cl2N2O3S/c1-21-11-4-2-3-10(7-11)5-6-18-22(19,20)12-8-13(15)14(16)17-9-12/h2-4,7-9,18H,5-6H2,1H3. The second kappa shape index (κ2) is 7.28. The Morgan fingerprint density at radius 1 is 1.27 bits per heavy atom. The first-order chi connectivity index (χ1) is 10.4. The first-order valence-corrected chi connectivity index (χ1v) is 8.60. The van der Waals surface area contributed by atoms with E-state index in [4.69, 9.17) is 27.9 Å². The van der Waals surface area contributed by atoms with Gasteiger partial charge in [-0.25, -0.2) is 18.1 Å². The molecule has 0 atom stereocenters. The fourth-order valence-electron chi connectivity index (χ4n) is 1.79. The van der Waals surface area contributed by atoms with E-state index in [1.165, 1.54) is 12.3 Å². The summed E-state index contributed by atoms with van der Waals surface area (Å²) in [7, 11) is -2.09. The molecule has 1 N–H and O–H groups in total. The molecule has 1 aromatic carbocycles. The van der Waals surface area contributed by atoms with E-state index in [0.29, 0.717) is 6.42 Å². The number of ether oxygens (including phenoxy) is 1. The van der Waals surface area contributed by atoms with Gasteiger partial charge < -0.3 is 4.74 Å². The molecule has 118 valence electrons. The lowest BCUT2D eigenvalue weighted by Gasteiger charge is -2.08. The average molecular weight is 361 g/mol. The van der Waals surface area contributed by atoms with Crippen LogP contribution in [-0.4, -0.2) is 27.1 Å². The van der Waals surface area contributed by atoms with E-state index >= 15 is 0 Å². The monoisotopic (exact) mass is 360 g/mol. The van der Waals surface area contributed by atoms with Crippen molar-refractivity contribution in [3.63, 3.8) is 0 Å². The lowest BCUT2D eigenvalue weighted by atomic mass is 10.1. The maximum absolute atomic E-state index is 12.1. The number of nitrogens with zero attached hydrogens (tertiary/aromatic N) is 1. The van der Waals surface area contributed by atoms with Crippen molar-refractivity contribution in [3.05, 3.63) is 52.3 Å². The smallest absolute Gasteiger partial charge is 0.242 e. The molecule has 1 heterocycles. The third-order valence-electron chi connectivity index (χ3n) is 2.92. The van der Waals surface area contributed by atoms with E-state index in [9.17, 15) is 8.42 Å². The average Bonchev–Trinajstić information content (AvgIpc) is 2.50. The first-order valence-electron chi connectivity index (χ1n) is 6.36. The molecule has 0 amide bonds. The minimum Gasteiger partial charge on any atom is -0.497 e. The molecule has 0 aliphatic carbocycles. The molecule has 0 fully saturated rings. The molecule has 0 aliphatic heterocycles. The third kappa shape index (κ3) is 4.33. The summed E-state index contributed by atoms with van der Waals surface area (Å²) in [4.78, 5) is 3.71. The number of aromatic nitrogens is 1. The predicted octanol–water partition coefficient (Wildman–Crippen LogP) is 2.92. The van der Waals surface area contributed by atoms with Crippen molar-refractivity contribution < 1.29 is 13.2 Å². The quantitative estimate of drug-likeness (QED) is 0.804. The van der Waals surface area contributed by atoms with Crippen LogP contribution >= 0.6 is 23.2 Å². The van der Waals surface area contributed by atoms with E-state index in [1.807, 2.05) is 24.3 Å². The van der Waals surface area contributed by atoms with Crippen LogP contribution < -0.4 is 9.46 Å². The Bertz CT molecular complexity index is 766. The Morgan fingerprint density at radius 3 is 2.73 bits per heavy atom. The summed E-state index contributed by atoms with van der Waals surface area (Å²) in [6, 6.07) is 8.71. The SMILES string of the molecule is COc1cccc(CCNS(=O)(=O)c2cnc(Cl)c(Cl)c2)c1. The highest BCUT2D eigenvalue weighted by atomic mass is 35.5. The fourth-order valence-corrected chi connectivity index (χ4v) is 3.13. The predicted molar refractivity (Wildman–Crippen MR) is 86.1 cm³/mol. The van der Waals surface area contributed by atoms with Crippen LogP contribution in [0.25, 0.3) is 0 Å². The number of benzene rings is 1. The van der Waals surface area contributed by atoms with Crippen LogP contribution in [0.2, 0.25) is 10.2 Å². The van der Waals surface area contributed by atoms with Gasteiger partial charge in [0.05, 0.1) is 12.1 Å². The third-order valence-corrected chi connectivity index (χ3v) is 5.04. The second-order valence-corrected chi connectivity index (χ2v) is 6.98. The summed E-state index contributed by atoms with van der Waals surface area (Å²) in [6.07, 6.45) is 1.70. The minimum absolute atomic E-state index is 0.0208. The van der Waals surface area contributed by atoms with Gasteiger partial charge in [-0.15, -0.1) is 0 Å². The van der Waals surface area contributed by atoms with E-state index in [-0.39, 0.29) is 21.6 Å². The van der Waals surface area contributed by atoms with Gasteiger partial charge in [0.15, 0.2) is 0 Å². The van der Waals surface area contributed by atoms with Crippen molar-refractivity contribution in [1.29, 1.82) is 0 Å². The summed E-state index contributed by atoms with van der Waals surface area (Å²) >= 11 is 11.5. The highest BCUT2D eigenvalue weighted by Crippen LogP contribution is 2.22. The number of rotatable bonds is 6. The van der Waals surface area contributed by atoms with Crippen LogP contribution in [0, 0.1) is 0 Å². The van der Waals surface area contributed by atoms with Gasteiger partial charge in [0, 0.05) is 12.7 Å². The van der Waals surface area contributed by atoms with Crippen LogP contribution in [0.15, 0.2) is 41.4 Å².